The van der Waals surface area contributed by atoms with E-state index >= 15 is 0 Å². The van der Waals surface area contributed by atoms with E-state index in [1.807, 2.05) is 6.07 Å². The van der Waals surface area contributed by atoms with Gasteiger partial charge in [-0.05, 0) is 26.2 Å². The lowest BCUT2D eigenvalue weighted by molar-refractivity contribution is 0.122. The van der Waals surface area contributed by atoms with Crippen molar-refractivity contribution < 1.29 is 4.39 Å². The van der Waals surface area contributed by atoms with Crippen LogP contribution >= 0.6 is 0 Å². The van der Waals surface area contributed by atoms with Gasteiger partial charge in [0.05, 0.1) is 5.69 Å². The van der Waals surface area contributed by atoms with Gasteiger partial charge in [-0.15, -0.1) is 0 Å². The number of para-hydroxylation sites is 1. The average molecular weight is 237 g/mol. The van der Waals surface area contributed by atoms with Gasteiger partial charge >= 0.3 is 0 Å². The molecular weight excluding hydrogens is 217 g/mol. The van der Waals surface area contributed by atoms with E-state index in [-0.39, 0.29) is 5.82 Å². The van der Waals surface area contributed by atoms with E-state index in [2.05, 4.69) is 29.2 Å². The molecule has 1 aliphatic rings. The van der Waals surface area contributed by atoms with Crippen LogP contribution < -0.4 is 5.32 Å². The van der Waals surface area contributed by atoms with Crippen molar-refractivity contribution in [2.24, 2.45) is 0 Å². The second-order valence-electron chi connectivity index (χ2n) is 4.76. The fourth-order valence-corrected chi connectivity index (χ4v) is 2.15. The van der Waals surface area contributed by atoms with Crippen molar-refractivity contribution in [2.75, 3.05) is 45.6 Å². The van der Waals surface area contributed by atoms with Crippen LogP contribution in [0.1, 0.15) is 0 Å². The van der Waals surface area contributed by atoms with Gasteiger partial charge in [0.25, 0.3) is 0 Å². The van der Waals surface area contributed by atoms with Crippen LogP contribution in [-0.2, 0) is 0 Å². The Morgan fingerprint density at radius 1 is 1.29 bits per heavy atom. The molecular formula is C13H20FN3. The number of anilines is 1. The number of nitrogens with zero attached hydrogens (tertiary/aromatic N) is 2. The molecule has 1 aromatic rings. The van der Waals surface area contributed by atoms with Crippen LogP contribution in [0.4, 0.5) is 10.1 Å². The number of piperazine rings is 1. The standard InChI is InChI=1S/C13H20FN3/c1-16-7-8-17(2)11(10-16)9-15-13-6-4-3-5-12(13)14/h3-6,11,15H,7-10H2,1-2H3. The Labute approximate surface area is 102 Å². The minimum Gasteiger partial charge on any atom is -0.381 e. The number of nitrogens with one attached hydrogen (secondary N) is 1. The van der Waals surface area contributed by atoms with Gasteiger partial charge in [0.2, 0.25) is 0 Å². The van der Waals surface area contributed by atoms with Crippen molar-refractivity contribution in [2.45, 2.75) is 6.04 Å². The fraction of sp³-hybridized carbons (Fsp3) is 0.538. The zero-order valence-corrected chi connectivity index (χ0v) is 10.5. The van der Waals surface area contributed by atoms with Crippen molar-refractivity contribution in [3.05, 3.63) is 30.1 Å². The zero-order chi connectivity index (χ0) is 12.3. The maximum absolute atomic E-state index is 13.4. The molecule has 17 heavy (non-hydrogen) atoms. The van der Waals surface area contributed by atoms with Crippen molar-refractivity contribution in [3.8, 4) is 0 Å². The molecule has 0 radical (unpaired) electrons. The van der Waals surface area contributed by atoms with Crippen LogP contribution in [0.5, 0.6) is 0 Å². The first kappa shape index (κ1) is 12.3. The molecule has 1 aromatic carbocycles. The van der Waals surface area contributed by atoms with Gasteiger partial charge in [0.15, 0.2) is 0 Å². The van der Waals surface area contributed by atoms with Crippen molar-refractivity contribution in [1.29, 1.82) is 0 Å². The van der Waals surface area contributed by atoms with Crippen molar-refractivity contribution >= 4 is 5.69 Å². The first-order valence-electron chi connectivity index (χ1n) is 6.04. The molecule has 0 aliphatic carbocycles. The topological polar surface area (TPSA) is 18.5 Å². The van der Waals surface area contributed by atoms with Crippen LogP contribution in [0.25, 0.3) is 0 Å². The van der Waals surface area contributed by atoms with Crippen LogP contribution in [0.15, 0.2) is 24.3 Å². The highest BCUT2D eigenvalue weighted by Crippen LogP contribution is 2.13. The van der Waals surface area contributed by atoms with Crippen LogP contribution in [0, 0.1) is 5.82 Å². The summed E-state index contributed by atoms with van der Waals surface area (Å²) in [5.41, 5.74) is 0.592. The molecule has 1 aliphatic heterocycles. The normalized spacial score (nSPS) is 22.6. The van der Waals surface area contributed by atoms with Gasteiger partial charge < -0.3 is 10.2 Å². The third-order valence-corrected chi connectivity index (χ3v) is 3.38. The lowest BCUT2D eigenvalue weighted by atomic mass is 10.2. The van der Waals surface area contributed by atoms with E-state index in [1.54, 1.807) is 12.1 Å². The molecule has 0 spiro atoms. The quantitative estimate of drug-likeness (QED) is 0.859. The van der Waals surface area contributed by atoms with Gasteiger partial charge in [0.1, 0.15) is 5.82 Å². The second-order valence-corrected chi connectivity index (χ2v) is 4.76. The highest BCUT2D eigenvalue weighted by Gasteiger charge is 2.21. The minimum absolute atomic E-state index is 0.181. The molecule has 2 rings (SSSR count). The number of hydrogen-bond donors (Lipinski definition) is 1. The Morgan fingerprint density at radius 2 is 2.06 bits per heavy atom. The van der Waals surface area contributed by atoms with Crippen molar-refractivity contribution in [1.82, 2.24) is 9.80 Å². The Balaban J connectivity index is 1.91. The molecule has 1 atom stereocenters. The minimum atomic E-state index is -0.181. The largest absolute Gasteiger partial charge is 0.381 e. The number of halogens is 1. The molecule has 94 valence electrons. The summed E-state index contributed by atoms with van der Waals surface area (Å²) in [4.78, 5) is 4.64. The van der Waals surface area contributed by atoms with E-state index in [0.29, 0.717) is 11.7 Å². The first-order valence-corrected chi connectivity index (χ1v) is 6.04. The average Bonchev–Trinajstić information content (AvgIpc) is 2.32. The Hall–Kier alpha value is -1.13. The summed E-state index contributed by atoms with van der Waals surface area (Å²) in [5.74, 6) is -0.181. The summed E-state index contributed by atoms with van der Waals surface area (Å²) in [6.45, 7) is 3.98. The van der Waals surface area contributed by atoms with E-state index < -0.39 is 0 Å². The van der Waals surface area contributed by atoms with Gasteiger partial charge in [-0.25, -0.2) is 4.39 Å². The third kappa shape index (κ3) is 3.17. The highest BCUT2D eigenvalue weighted by molar-refractivity contribution is 5.44. The zero-order valence-electron chi connectivity index (χ0n) is 10.5. The molecule has 1 unspecified atom stereocenters. The van der Waals surface area contributed by atoms with Crippen LogP contribution in [0.3, 0.4) is 0 Å². The predicted octanol–water partition coefficient (Wildman–Crippen LogP) is 1.48. The summed E-state index contributed by atoms with van der Waals surface area (Å²) < 4.78 is 13.4. The fourth-order valence-electron chi connectivity index (χ4n) is 2.15. The molecule has 1 saturated heterocycles. The summed E-state index contributed by atoms with van der Waals surface area (Å²) in [5, 5.41) is 3.19. The smallest absolute Gasteiger partial charge is 0.146 e. The molecule has 4 heteroatoms. The number of hydrogen-bond acceptors (Lipinski definition) is 3. The van der Waals surface area contributed by atoms with Gasteiger partial charge in [-0.3, -0.25) is 4.90 Å². The molecule has 0 saturated carbocycles. The molecule has 3 nitrogen and oxygen atoms in total. The summed E-state index contributed by atoms with van der Waals surface area (Å²) >= 11 is 0. The summed E-state index contributed by atoms with van der Waals surface area (Å²) in [6.07, 6.45) is 0. The number of benzene rings is 1. The lowest BCUT2D eigenvalue weighted by Crippen LogP contribution is -2.52. The van der Waals surface area contributed by atoms with Crippen LogP contribution in [0.2, 0.25) is 0 Å². The first-order chi connectivity index (χ1) is 8.16. The van der Waals surface area contributed by atoms with E-state index in [0.717, 1.165) is 26.2 Å². The van der Waals surface area contributed by atoms with E-state index in [4.69, 9.17) is 0 Å². The van der Waals surface area contributed by atoms with Crippen molar-refractivity contribution in [3.63, 3.8) is 0 Å². The molecule has 1 fully saturated rings. The molecule has 1 heterocycles. The molecule has 0 bridgehead atoms. The predicted molar refractivity (Wildman–Crippen MR) is 68.8 cm³/mol. The van der Waals surface area contributed by atoms with Gasteiger partial charge in [-0.1, -0.05) is 12.1 Å². The van der Waals surface area contributed by atoms with Gasteiger partial charge in [-0.2, -0.15) is 0 Å². The highest BCUT2D eigenvalue weighted by atomic mass is 19.1. The maximum Gasteiger partial charge on any atom is 0.146 e. The van der Waals surface area contributed by atoms with E-state index in [9.17, 15) is 4.39 Å². The number of likely N-dealkylation sites (N-methyl/N-ethyl adjacent to an activating group) is 2. The monoisotopic (exact) mass is 237 g/mol. The van der Waals surface area contributed by atoms with E-state index in [1.165, 1.54) is 6.07 Å². The molecule has 0 aromatic heterocycles. The van der Waals surface area contributed by atoms with Crippen LogP contribution in [-0.4, -0.2) is 56.1 Å². The molecule has 1 N–H and O–H groups in total. The Morgan fingerprint density at radius 3 is 2.82 bits per heavy atom. The lowest BCUT2D eigenvalue weighted by Gasteiger charge is -2.37. The summed E-state index contributed by atoms with van der Waals surface area (Å²) in [7, 11) is 4.25. The Kier molecular flexibility index (Phi) is 3.97. The third-order valence-electron chi connectivity index (χ3n) is 3.38. The summed E-state index contributed by atoms with van der Waals surface area (Å²) in [6, 6.07) is 7.26. The number of rotatable bonds is 3. The SMILES string of the molecule is CN1CCN(C)C(CNc2ccccc2F)C1. The Bertz CT molecular complexity index is 369. The maximum atomic E-state index is 13.4. The molecule has 0 amide bonds. The van der Waals surface area contributed by atoms with Gasteiger partial charge in [0, 0.05) is 32.2 Å². The second kappa shape index (κ2) is 5.47.